The number of anilines is 2. The lowest BCUT2D eigenvalue weighted by Crippen LogP contribution is -2.15. The van der Waals surface area contributed by atoms with E-state index in [0.717, 1.165) is 28.2 Å². The van der Waals surface area contributed by atoms with Crippen LogP contribution in [0, 0.1) is 6.92 Å². The van der Waals surface area contributed by atoms with Crippen LogP contribution < -0.4 is 10.0 Å². The van der Waals surface area contributed by atoms with Crippen molar-refractivity contribution in [2.24, 2.45) is 0 Å². The van der Waals surface area contributed by atoms with Gasteiger partial charge in [0.05, 0.1) is 17.0 Å². The highest BCUT2D eigenvalue weighted by molar-refractivity contribution is 7.97. The monoisotopic (exact) mass is 426 g/mol. The molecule has 0 bridgehead atoms. The highest BCUT2D eigenvalue weighted by Crippen LogP contribution is 2.28. The van der Waals surface area contributed by atoms with Crippen LogP contribution in [0.5, 0.6) is 0 Å². The minimum absolute atomic E-state index is 0.0599. The summed E-state index contributed by atoms with van der Waals surface area (Å²) >= 11 is 1.16. The average molecular weight is 427 g/mol. The topological polar surface area (TPSA) is 101 Å². The predicted octanol–water partition coefficient (Wildman–Crippen LogP) is 3.72. The SMILES string of the molecule is Cc1ncccc1-c1ccc(NC(=O)Cc2csc(NS(=O)(=O)C3=CC3)n2)cc1. The van der Waals surface area contributed by atoms with Gasteiger partial charge in [0, 0.05) is 34.9 Å². The predicted molar refractivity (Wildman–Crippen MR) is 114 cm³/mol. The number of amides is 1. The summed E-state index contributed by atoms with van der Waals surface area (Å²) in [5, 5.41) is 4.77. The first-order chi connectivity index (χ1) is 13.9. The highest BCUT2D eigenvalue weighted by Gasteiger charge is 2.25. The van der Waals surface area contributed by atoms with E-state index in [9.17, 15) is 13.2 Å². The van der Waals surface area contributed by atoms with Gasteiger partial charge in [-0.3, -0.25) is 14.5 Å². The molecule has 0 unspecified atom stereocenters. The van der Waals surface area contributed by atoms with Crippen LogP contribution in [0.4, 0.5) is 10.8 Å². The van der Waals surface area contributed by atoms with Crippen LogP contribution >= 0.6 is 11.3 Å². The van der Waals surface area contributed by atoms with Crippen molar-refractivity contribution in [2.45, 2.75) is 19.8 Å². The number of benzene rings is 1. The number of aryl methyl sites for hydroxylation is 1. The maximum absolute atomic E-state index is 12.3. The number of thiazole rings is 1. The summed E-state index contributed by atoms with van der Waals surface area (Å²) in [4.78, 5) is 21.1. The fourth-order valence-electron chi connectivity index (χ4n) is 2.77. The van der Waals surface area contributed by atoms with Crippen molar-refractivity contribution >= 4 is 38.1 Å². The van der Waals surface area contributed by atoms with E-state index in [4.69, 9.17) is 0 Å². The number of rotatable bonds is 7. The van der Waals surface area contributed by atoms with E-state index in [1.807, 2.05) is 43.3 Å². The molecule has 0 fully saturated rings. The Morgan fingerprint density at radius 1 is 1.21 bits per heavy atom. The Morgan fingerprint density at radius 3 is 2.66 bits per heavy atom. The van der Waals surface area contributed by atoms with Crippen molar-refractivity contribution in [3.63, 3.8) is 0 Å². The summed E-state index contributed by atoms with van der Waals surface area (Å²) in [6.45, 7) is 1.95. The quantitative estimate of drug-likeness (QED) is 0.600. The van der Waals surface area contributed by atoms with Gasteiger partial charge in [-0.15, -0.1) is 11.3 Å². The third kappa shape index (κ3) is 4.69. The van der Waals surface area contributed by atoms with Gasteiger partial charge in [0.15, 0.2) is 5.13 Å². The standard InChI is InChI=1S/C20H18N4O3S2/c1-13-18(3-2-10-21-13)14-4-6-15(7-5-14)22-19(25)11-16-12-28-20(23-16)24-29(26,27)17-8-9-17/h2-8,10,12H,9,11H2,1H3,(H,22,25)(H,23,24). The molecule has 4 rings (SSSR count). The number of carbonyl (C=O) groups excluding carboxylic acids is 1. The second-order valence-corrected chi connectivity index (χ2v) is 9.16. The fraction of sp³-hybridized carbons (Fsp3) is 0.150. The molecular formula is C20H18N4O3S2. The maximum Gasteiger partial charge on any atom is 0.259 e. The zero-order chi connectivity index (χ0) is 20.4. The molecule has 2 heterocycles. The zero-order valence-electron chi connectivity index (χ0n) is 15.5. The molecule has 7 nitrogen and oxygen atoms in total. The van der Waals surface area contributed by atoms with Crippen LogP contribution in [-0.4, -0.2) is 24.3 Å². The number of carbonyl (C=O) groups is 1. The number of aromatic nitrogens is 2. The summed E-state index contributed by atoms with van der Waals surface area (Å²) in [5.41, 5.74) is 4.20. The Labute approximate surface area is 172 Å². The van der Waals surface area contributed by atoms with Gasteiger partial charge in [-0.25, -0.2) is 13.4 Å². The van der Waals surface area contributed by atoms with Crippen molar-refractivity contribution in [1.82, 2.24) is 9.97 Å². The Hall–Kier alpha value is -3.04. The fourth-order valence-corrected chi connectivity index (χ4v) is 4.77. The third-order valence-corrected chi connectivity index (χ3v) is 6.74. The van der Waals surface area contributed by atoms with Crippen molar-refractivity contribution in [3.05, 3.63) is 70.3 Å². The smallest absolute Gasteiger partial charge is 0.259 e. The molecule has 148 valence electrons. The highest BCUT2D eigenvalue weighted by atomic mass is 32.2. The molecule has 2 N–H and O–H groups in total. The maximum atomic E-state index is 12.3. The first-order valence-corrected chi connectivity index (χ1v) is 11.3. The van der Waals surface area contributed by atoms with E-state index in [0.29, 0.717) is 22.7 Å². The summed E-state index contributed by atoms with van der Waals surface area (Å²) in [7, 11) is -3.48. The third-order valence-electron chi connectivity index (χ3n) is 4.32. The van der Waals surface area contributed by atoms with E-state index in [1.54, 1.807) is 17.7 Å². The van der Waals surface area contributed by atoms with Crippen LogP contribution in [0.15, 0.2) is 59.0 Å². The molecule has 1 amide bonds. The van der Waals surface area contributed by atoms with Crippen molar-refractivity contribution in [2.75, 3.05) is 10.0 Å². The van der Waals surface area contributed by atoms with E-state index in [2.05, 4.69) is 20.0 Å². The van der Waals surface area contributed by atoms with E-state index in [1.165, 1.54) is 0 Å². The van der Waals surface area contributed by atoms with Gasteiger partial charge in [-0.2, -0.15) is 0 Å². The van der Waals surface area contributed by atoms with Crippen molar-refractivity contribution in [1.29, 1.82) is 0 Å². The molecule has 0 spiro atoms. The Kier molecular flexibility index (Phi) is 5.16. The van der Waals surface area contributed by atoms with E-state index in [-0.39, 0.29) is 17.5 Å². The van der Waals surface area contributed by atoms with Crippen LogP contribution in [0.2, 0.25) is 0 Å². The largest absolute Gasteiger partial charge is 0.326 e. The summed E-state index contributed by atoms with van der Waals surface area (Å²) in [6, 6.07) is 11.4. The number of pyridine rings is 1. The Bertz CT molecular complexity index is 1200. The number of sulfonamides is 1. The minimum atomic E-state index is -3.48. The molecule has 1 aromatic carbocycles. The van der Waals surface area contributed by atoms with Gasteiger partial charge in [-0.1, -0.05) is 24.3 Å². The molecule has 1 aliphatic rings. The molecule has 0 aliphatic heterocycles. The summed E-state index contributed by atoms with van der Waals surface area (Å²) < 4.78 is 26.2. The number of hydrogen-bond donors (Lipinski definition) is 2. The van der Waals surface area contributed by atoms with Crippen molar-refractivity contribution < 1.29 is 13.2 Å². The van der Waals surface area contributed by atoms with Gasteiger partial charge in [0.2, 0.25) is 5.91 Å². The lowest BCUT2D eigenvalue weighted by atomic mass is 10.0. The molecule has 0 saturated heterocycles. The number of allylic oxidation sites excluding steroid dienone is 2. The molecule has 9 heteroatoms. The van der Waals surface area contributed by atoms with Gasteiger partial charge >= 0.3 is 0 Å². The second-order valence-electron chi connectivity index (χ2n) is 6.56. The van der Waals surface area contributed by atoms with E-state index < -0.39 is 10.0 Å². The summed E-state index contributed by atoms with van der Waals surface area (Å²) in [5.74, 6) is -0.222. The molecule has 2 aromatic heterocycles. The van der Waals surface area contributed by atoms with Gasteiger partial charge in [0.25, 0.3) is 10.0 Å². The minimum Gasteiger partial charge on any atom is -0.326 e. The van der Waals surface area contributed by atoms with Crippen LogP contribution in [-0.2, 0) is 21.2 Å². The van der Waals surface area contributed by atoms with E-state index >= 15 is 0 Å². The summed E-state index contributed by atoms with van der Waals surface area (Å²) in [6.07, 6.45) is 3.93. The molecule has 1 aliphatic carbocycles. The Balaban J connectivity index is 1.36. The van der Waals surface area contributed by atoms with Crippen LogP contribution in [0.1, 0.15) is 17.8 Å². The van der Waals surface area contributed by atoms with Crippen molar-refractivity contribution in [3.8, 4) is 11.1 Å². The lowest BCUT2D eigenvalue weighted by Gasteiger charge is -2.07. The first kappa shape index (κ1) is 19.3. The van der Waals surface area contributed by atoms with Gasteiger partial charge in [0.1, 0.15) is 0 Å². The van der Waals surface area contributed by atoms with Gasteiger partial charge < -0.3 is 5.32 Å². The van der Waals surface area contributed by atoms with Crippen LogP contribution in [0.3, 0.4) is 0 Å². The van der Waals surface area contributed by atoms with Gasteiger partial charge in [-0.05, 0) is 30.7 Å². The molecule has 29 heavy (non-hydrogen) atoms. The van der Waals surface area contributed by atoms with Crippen LogP contribution in [0.25, 0.3) is 11.1 Å². The molecular weight excluding hydrogens is 408 g/mol. The molecule has 0 atom stereocenters. The number of hydrogen-bond acceptors (Lipinski definition) is 6. The first-order valence-electron chi connectivity index (χ1n) is 8.89. The molecule has 3 aromatic rings. The number of nitrogens with one attached hydrogen (secondary N) is 2. The average Bonchev–Trinajstić information content (AvgIpc) is 3.46. The Morgan fingerprint density at radius 2 is 1.97 bits per heavy atom. The second kappa shape index (κ2) is 7.76. The normalized spacial score (nSPS) is 12.9. The molecule has 0 radical (unpaired) electrons. The zero-order valence-corrected chi connectivity index (χ0v) is 17.2. The molecule has 0 saturated carbocycles. The number of nitrogens with zero attached hydrogens (tertiary/aromatic N) is 2. The lowest BCUT2D eigenvalue weighted by molar-refractivity contribution is -0.115.